The Bertz CT molecular complexity index is 1700. The first-order chi connectivity index (χ1) is 19.1. The number of benzene rings is 1. The van der Waals surface area contributed by atoms with Crippen molar-refractivity contribution in [2.24, 2.45) is 0 Å². The maximum Gasteiger partial charge on any atom is 0.355 e. The molecule has 0 unspecified atom stereocenters. The van der Waals surface area contributed by atoms with Gasteiger partial charge in [-0.05, 0) is 56.0 Å². The van der Waals surface area contributed by atoms with Crippen molar-refractivity contribution in [2.45, 2.75) is 46.6 Å². The van der Waals surface area contributed by atoms with Gasteiger partial charge in [0.1, 0.15) is 17.3 Å². The number of piperazine rings is 1. The van der Waals surface area contributed by atoms with E-state index in [0.717, 1.165) is 16.8 Å². The molecule has 0 radical (unpaired) electrons. The number of hydrogen-bond donors (Lipinski definition) is 0. The van der Waals surface area contributed by atoms with E-state index in [1.165, 1.54) is 16.7 Å². The molecule has 5 rings (SSSR count). The van der Waals surface area contributed by atoms with Crippen LogP contribution >= 0.6 is 0 Å². The Labute approximate surface area is 232 Å². The van der Waals surface area contributed by atoms with Crippen LogP contribution in [0.25, 0.3) is 28.0 Å². The number of carbonyl (C=O) groups is 1. The number of amides is 1. The summed E-state index contributed by atoms with van der Waals surface area (Å²) in [7, 11) is 0. The van der Waals surface area contributed by atoms with Crippen LogP contribution in [0.4, 0.5) is 10.2 Å². The number of anilines is 1. The van der Waals surface area contributed by atoms with Gasteiger partial charge in [0, 0.05) is 37.4 Å². The second kappa shape index (κ2) is 10.6. The number of aryl methyl sites for hydroxylation is 2. The summed E-state index contributed by atoms with van der Waals surface area (Å²) in [6.45, 7) is 14.7. The summed E-state index contributed by atoms with van der Waals surface area (Å²) >= 11 is 0. The molecule has 0 bridgehead atoms. The van der Waals surface area contributed by atoms with E-state index in [9.17, 15) is 9.59 Å². The Kier molecular flexibility index (Phi) is 7.23. The third kappa shape index (κ3) is 4.65. The van der Waals surface area contributed by atoms with E-state index in [1.54, 1.807) is 11.1 Å². The smallest absolute Gasteiger partial charge is 0.350 e. The average Bonchev–Trinajstić information content (AvgIpc) is 2.93. The molecule has 1 saturated heterocycles. The predicted octanol–water partition coefficient (Wildman–Crippen LogP) is 4.95. The minimum atomic E-state index is -0.521. The molecule has 40 heavy (non-hydrogen) atoms. The van der Waals surface area contributed by atoms with E-state index in [4.69, 9.17) is 4.98 Å². The maximum absolute atomic E-state index is 15.9. The summed E-state index contributed by atoms with van der Waals surface area (Å²) in [5.41, 5.74) is 3.65. The molecule has 0 aliphatic carbocycles. The van der Waals surface area contributed by atoms with E-state index in [0.29, 0.717) is 47.7 Å². The fourth-order valence-electron chi connectivity index (χ4n) is 5.44. The molecular weight excluding hydrogens is 507 g/mol. The fourth-order valence-corrected chi connectivity index (χ4v) is 5.44. The van der Waals surface area contributed by atoms with Crippen molar-refractivity contribution in [3.05, 3.63) is 88.4 Å². The van der Waals surface area contributed by atoms with Crippen molar-refractivity contribution in [1.29, 1.82) is 0 Å². The Morgan fingerprint density at radius 3 is 2.55 bits per heavy atom. The highest BCUT2D eigenvalue weighted by atomic mass is 19.1. The van der Waals surface area contributed by atoms with Crippen LogP contribution in [0.2, 0.25) is 0 Å². The molecule has 1 aliphatic rings. The second-order valence-corrected chi connectivity index (χ2v) is 10.6. The molecule has 0 spiro atoms. The Morgan fingerprint density at radius 1 is 1.12 bits per heavy atom. The van der Waals surface area contributed by atoms with Gasteiger partial charge in [-0.3, -0.25) is 9.78 Å². The molecule has 1 atom stereocenters. The van der Waals surface area contributed by atoms with Crippen LogP contribution in [0.3, 0.4) is 0 Å². The van der Waals surface area contributed by atoms with E-state index >= 15 is 4.39 Å². The van der Waals surface area contributed by atoms with Crippen LogP contribution in [0.15, 0.2) is 60.0 Å². The van der Waals surface area contributed by atoms with Crippen molar-refractivity contribution < 1.29 is 9.18 Å². The number of aromatic nitrogens is 4. The molecule has 4 aromatic rings. The molecule has 1 aliphatic heterocycles. The normalized spacial score (nSPS) is 15.6. The lowest BCUT2D eigenvalue weighted by Gasteiger charge is -2.40. The van der Waals surface area contributed by atoms with Crippen molar-refractivity contribution in [3.8, 4) is 16.9 Å². The van der Waals surface area contributed by atoms with E-state index < -0.39 is 11.5 Å². The highest BCUT2D eigenvalue weighted by Crippen LogP contribution is 2.34. The van der Waals surface area contributed by atoms with Gasteiger partial charge in [0.15, 0.2) is 5.65 Å². The zero-order valence-corrected chi connectivity index (χ0v) is 23.5. The number of halogens is 1. The number of rotatable bonds is 5. The Morgan fingerprint density at radius 2 is 1.88 bits per heavy atom. The summed E-state index contributed by atoms with van der Waals surface area (Å²) in [6.07, 6.45) is 3.02. The minimum absolute atomic E-state index is 0.0170. The molecule has 1 aromatic carbocycles. The van der Waals surface area contributed by atoms with Gasteiger partial charge in [0.2, 0.25) is 5.91 Å². The van der Waals surface area contributed by atoms with Gasteiger partial charge in [-0.1, -0.05) is 44.7 Å². The summed E-state index contributed by atoms with van der Waals surface area (Å²) in [6, 6.07) is 10.6. The number of fused-ring (bicyclic) bond motifs is 1. The lowest BCUT2D eigenvalue weighted by atomic mass is 10.0. The van der Waals surface area contributed by atoms with Gasteiger partial charge in [-0.25, -0.2) is 18.7 Å². The molecule has 8 nitrogen and oxygen atoms in total. The number of pyridine rings is 2. The van der Waals surface area contributed by atoms with Crippen LogP contribution in [0.1, 0.15) is 43.5 Å². The monoisotopic (exact) mass is 540 g/mol. The standard InChI is InChI=1S/C31H33FN6O2/c1-7-25(39)36-14-15-37(21(6)17-36)29-23-16-24(32)27(22-11-9-8-10-19(22)4)34-30(23)38(31(40)35-29)28-20(5)12-13-33-26(28)18(2)3/h7-13,16,18,21H,1,14-15,17H2,2-6H3/t21-/m0/s1. The molecule has 9 heteroatoms. The zero-order valence-electron chi connectivity index (χ0n) is 23.5. The fraction of sp³-hybridized carbons (Fsp3) is 0.323. The highest BCUT2D eigenvalue weighted by molar-refractivity contribution is 5.91. The Balaban J connectivity index is 1.81. The highest BCUT2D eigenvalue weighted by Gasteiger charge is 2.30. The topological polar surface area (TPSA) is 84.2 Å². The molecule has 0 saturated carbocycles. The summed E-state index contributed by atoms with van der Waals surface area (Å²) in [4.78, 5) is 43.8. The van der Waals surface area contributed by atoms with Gasteiger partial charge >= 0.3 is 5.69 Å². The molecular formula is C31H33FN6O2. The average molecular weight is 541 g/mol. The SMILES string of the molecule is C=CC(=O)N1CCN(c2nc(=O)n(-c3c(C)ccnc3C(C)C)c3nc(-c4ccccc4C)c(F)cc23)[C@@H](C)C1. The van der Waals surface area contributed by atoms with E-state index in [2.05, 4.69) is 16.5 Å². The minimum Gasteiger partial charge on any atom is -0.350 e. The van der Waals surface area contributed by atoms with Gasteiger partial charge in [0.25, 0.3) is 0 Å². The molecule has 1 fully saturated rings. The van der Waals surface area contributed by atoms with Gasteiger partial charge in [-0.15, -0.1) is 0 Å². The van der Waals surface area contributed by atoms with Crippen LogP contribution < -0.4 is 10.6 Å². The van der Waals surface area contributed by atoms with Gasteiger partial charge in [-0.2, -0.15) is 4.98 Å². The first-order valence-corrected chi connectivity index (χ1v) is 13.5. The van der Waals surface area contributed by atoms with Crippen LogP contribution in [-0.2, 0) is 4.79 Å². The third-order valence-corrected chi connectivity index (χ3v) is 7.51. The first-order valence-electron chi connectivity index (χ1n) is 13.5. The van der Waals surface area contributed by atoms with Gasteiger partial charge < -0.3 is 9.80 Å². The number of carbonyl (C=O) groups excluding carboxylic acids is 1. The summed E-state index contributed by atoms with van der Waals surface area (Å²) in [5.74, 6) is -0.285. The largest absolute Gasteiger partial charge is 0.355 e. The molecule has 4 heterocycles. The zero-order chi connectivity index (χ0) is 28.7. The van der Waals surface area contributed by atoms with E-state index in [1.807, 2.05) is 69.9 Å². The quantitative estimate of drug-likeness (QED) is 0.333. The van der Waals surface area contributed by atoms with Crippen molar-refractivity contribution >= 4 is 22.8 Å². The predicted molar refractivity (Wildman–Crippen MR) is 155 cm³/mol. The second-order valence-electron chi connectivity index (χ2n) is 10.6. The summed E-state index contributed by atoms with van der Waals surface area (Å²) < 4.78 is 17.4. The number of nitrogens with zero attached hydrogens (tertiary/aromatic N) is 6. The van der Waals surface area contributed by atoms with Crippen molar-refractivity contribution in [1.82, 2.24) is 24.4 Å². The molecule has 206 valence electrons. The van der Waals surface area contributed by atoms with Crippen LogP contribution in [-0.4, -0.2) is 56.0 Å². The Hall–Kier alpha value is -4.40. The van der Waals surface area contributed by atoms with Gasteiger partial charge in [0.05, 0.1) is 16.8 Å². The molecule has 0 N–H and O–H groups in total. The van der Waals surface area contributed by atoms with E-state index in [-0.39, 0.29) is 23.6 Å². The lowest BCUT2D eigenvalue weighted by Crippen LogP contribution is -2.54. The molecule has 1 amide bonds. The summed E-state index contributed by atoms with van der Waals surface area (Å²) in [5, 5.41) is 0.419. The molecule has 3 aromatic heterocycles. The van der Waals surface area contributed by atoms with Crippen molar-refractivity contribution in [3.63, 3.8) is 0 Å². The van der Waals surface area contributed by atoms with Crippen LogP contribution in [0, 0.1) is 19.7 Å². The first kappa shape index (κ1) is 27.2. The third-order valence-electron chi connectivity index (χ3n) is 7.51. The van der Waals surface area contributed by atoms with Crippen LogP contribution in [0.5, 0.6) is 0 Å². The maximum atomic E-state index is 15.9. The lowest BCUT2D eigenvalue weighted by molar-refractivity contribution is -0.126. The van der Waals surface area contributed by atoms with Crippen molar-refractivity contribution in [2.75, 3.05) is 24.5 Å². The number of hydrogen-bond acceptors (Lipinski definition) is 6.